The van der Waals surface area contributed by atoms with E-state index < -0.39 is 0 Å². The molecule has 1 aromatic heterocycles. The first-order valence-corrected chi connectivity index (χ1v) is 7.97. The van der Waals surface area contributed by atoms with E-state index in [1.807, 2.05) is 48.5 Å². The highest BCUT2D eigenvalue weighted by Crippen LogP contribution is 2.19. The minimum absolute atomic E-state index is 0.230. The Kier molecular flexibility index (Phi) is 4.39. The zero-order valence-electron chi connectivity index (χ0n) is 11.3. The molecule has 1 heterocycles. The van der Waals surface area contributed by atoms with Crippen molar-refractivity contribution in [3.63, 3.8) is 0 Å². The maximum absolute atomic E-state index is 12.2. The summed E-state index contributed by atoms with van der Waals surface area (Å²) in [4.78, 5) is 12.2. The van der Waals surface area contributed by atoms with Crippen molar-refractivity contribution in [1.29, 1.82) is 0 Å². The molecule has 4 nitrogen and oxygen atoms in total. The number of anilines is 1. The number of fused-ring (bicyclic) bond motifs is 1. The van der Waals surface area contributed by atoms with Crippen molar-refractivity contribution in [2.24, 2.45) is 0 Å². The number of benzene rings is 2. The van der Waals surface area contributed by atoms with Crippen molar-refractivity contribution in [2.75, 3.05) is 5.32 Å². The third kappa shape index (κ3) is 3.28. The summed E-state index contributed by atoms with van der Waals surface area (Å²) >= 11 is 7.36. The van der Waals surface area contributed by atoms with Crippen molar-refractivity contribution in [3.05, 3.63) is 63.9 Å². The Morgan fingerprint density at radius 1 is 1.09 bits per heavy atom. The van der Waals surface area contributed by atoms with Gasteiger partial charge in [-0.05, 0) is 59.1 Å². The average molecular weight is 422 g/mol. The molecule has 2 aromatic carbocycles. The lowest BCUT2D eigenvalue weighted by atomic mass is 10.2. The van der Waals surface area contributed by atoms with Crippen molar-refractivity contribution in [1.82, 2.24) is 5.32 Å². The average Bonchev–Trinajstić information content (AvgIpc) is 2.93. The van der Waals surface area contributed by atoms with Crippen LogP contribution >= 0.6 is 34.8 Å². The number of nitrogens with one attached hydrogen (secondary N) is 2. The van der Waals surface area contributed by atoms with Crippen LogP contribution in [0, 0.1) is 3.57 Å². The molecule has 0 fully saturated rings. The number of thiocarbonyl (C=S) groups is 1. The lowest BCUT2D eigenvalue weighted by Gasteiger charge is -2.09. The normalized spacial score (nSPS) is 10.4. The van der Waals surface area contributed by atoms with E-state index in [0.29, 0.717) is 5.58 Å². The number of hydrogen-bond donors (Lipinski definition) is 2. The van der Waals surface area contributed by atoms with Gasteiger partial charge in [0.2, 0.25) is 0 Å². The summed E-state index contributed by atoms with van der Waals surface area (Å²) in [5, 5.41) is 6.72. The first-order chi connectivity index (χ1) is 10.6. The second-order valence-corrected chi connectivity index (χ2v) is 6.11. The fourth-order valence-electron chi connectivity index (χ4n) is 1.97. The molecule has 0 aliphatic carbocycles. The Balaban J connectivity index is 1.71. The highest BCUT2D eigenvalue weighted by Gasteiger charge is 2.13. The molecular formula is C16H11IN2O2S. The number of halogens is 1. The van der Waals surface area contributed by atoms with E-state index in [1.165, 1.54) is 0 Å². The Labute approximate surface area is 146 Å². The van der Waals surface area contributed by atoms with Gasteiger partial charge in [-0.2, -0.15) is 0 Å². The molecule has 0 atom stereocenters. The van der Waals surface area contributed by atoms with E-state index in [-0.39, 0.29) is 16.8 Å². The van der Waals surface area contributed by atoms with E-state index in [2.05, 4.69) is 33.2 Å². The summed E-state index contributed by atoms with van der Waals surface area (Å²) in [5.41, 5.74) is 1.52. The van der Waals surface area contributed by atoms with Crippen LogP contribution in [-0.4, -0.2) is 11.0 Å². The van der Waals surface area contributed by atoms with Crippen molar-refractivity contribution in [3.8, 4) is 0 Å². The SMILES string of the molecule is O=C(NC(=S)Nc1ccccc1I)c1cc2ccccc2o1. The summed E-state index contributed by atoms with van der Waals surface area (Å²) in [6.45, 7) is 0. The van der Waals surface area contributed by atoms with Gasteiger partial charge < -0.3 is 9.73 Å². The molecule has 0 unspecified atom stereocenters. The van der Waals surface area contributed by atoms with Gasteiger partial charge in [0.25, 0.3) is 5.91 Å². The lowest BCUT2D eigenvalue weighted by molar-refractivity contribution is 0.0953. The third-order valence-corrected chi connectivity index (χ3v) is 4.14. The number of carbonyl (C=O) groups excluding carboxylic acids is 1. The molecule has 0 saturated carbocycles. The molecule has 0 spiro atoms. The molecule has 6 heteroatoms. The molecule has 0 saturated heterocycles. The largest absolute Gasteiger partial charge is 0.451 e. The molecule has 3 rings (SSSR count). The first-order valence-electron chi connectivity index (χ1n) is 6.49. The minimum Gasteiger partial charge on any atom is -0.451 e. The van der Waals surface area contributed by atoms with Gasteiger partial charge in [-0.3, -0.25) is 10.1 Å². The van der Waals surface area contributed by atoms with Gasteiger partial charge in [-0.25, -0.2) is 0 Å². The van der Waals surface area contributed by atoms with Crippen LogP contribution in [0.2, 0.25) is 0 Å². The monoisotopic (exact) mass is 422 g/mol. The maximum atomic E-state index is 12.2. The maximum Gasteiger partial charge on any atom is 0.293 e. The summed E-state index contributed by atoms with van der Waals surface area (Å²) in [7, 11) is 0. The molecule has 0 aliphatic heterocycles. The van der Waals surface area contributed by atoms with Gasteiger partial charge >= 0.3 is 0 Å². The smallest absolute Gasteiger partial charge is 0.293 e. The van der Waals surface area contributed by atoms with Gasteiger partial charge in [0.1, 0.15) is 5.58 Å². The van der Waals surface area contributed by atoms with Gasteiger partial charge in [-0.1, -0.05) is 30.3 Å². The highest BCUT2D eigenvalue weighted by atomic mass is 127. The van der Waals surface area contributed by atoms with Gasteiger partial charge in [0.05, 0.1) is 5.69 Å². The number of hydrogen-bond acceptors (Lipinski definition) is 3. The third-order valence-electron chi connectivity index (χ3n) is 3.00. The van der Waals surface area contributed by atoms with E-state index in [1.54, 1.807) is 6.07 Å². The standard InChI is InChI=1S/C16H11IN2O2S/c17-11-6-2-3-7-12(11)18-16(22)19-15(20)14-9-10-5-1-4-8-13(10)21-14/h1-9H,(H2,18,19,20,22). The Hall–Kier alpha value is -1.93. The molecular weight excluding hydrogens is 411 g/mol. The summed E-state index contributed by atoms with van der Waals surface area (Å²) < 4.78 is 6.52. The van der Waals surface area contributed by atoms with Crippen molar-refractivity contribution < 1.29 is 9.21 Å². The van der Waals surface area contributed by atoms with Crippen LogP contribution in [0.25, 0.3) is 11.0 Å². The van der Waals surface area contributed by atoms with Gasteiger partial charge in [-0.15, -0.1) is 0 Å². The molecule has 22 heavy (non-hydrogen) atoms. The number of para-hydroxylation sites is 2. The predicted molar refractivity (Wildman–Crippen MR) is 99.1 cm³/mol. The molecule has 3 aromatic rings. The first kappa shape index (κ1) is 15.0. The van der Waals surface area contributed by atoms with Crippen molar-refractivity contribution in [2.45, 2.75) is 0 Å². The Bertz CT molecular complexity index is 827. The summed E-state index contributed by atoms with van der Waals surface area (Å²) in [6, 6.07) is 16.8. The van der Waals surface area contributed by atoms with Crippen LogP contribution in [0.3, 0.4) is 0 Å². The zero-order chi connectivity index (χ0) is 15.5. The lowest BCUT2D eigenvalue weighted by Crippen LogP contribution is -2.34. The molecule has 0 bridgehead atoms. The number of furan rings is 1. The van der Waals surface area contributed by atoms with Crippen molar-refractivity contribution >= 4 is 62.5 Å². The van der Waals surface area contributed by atoms with E-state index in [0.717, 1.165) is 14.6 Å². The van der Waals surface area contributed by atoms with Crippen LogP contribution in [0.1, 0.15) is 10.6 Å². The molecule has 2 N–H and O–H groups in total. The van der Waals surface area contributed by atoms with Gasteiger partial charge in [0, 0.05) is 8.96 Å². The van der Waals surface area contributed by atoms with E-state index >= 15 is 0 Å². The minimum atomic E-state index is -0.375. The Morgan fingerprint density at radius 3 is 2.59 bits per heavy atom. The molecule has 0 radical (unpaired) electrons. The Morgan fingerprint density at radius 2 is 1.82 bits per heavy atom. The quantitative estimate of drug-likeness (QED) is 0.481. The molecule has 1 amide bonds. The number of amides is 1. The zero-order valence-corrected chi connectivity index (χ0v) is 14.3. The highest BCUT2D eigenvalue weighted by molar-refractivity contribution is 14.1. The fourth-order valence-corrected chi connectivity index (χ4v) is 2.70. The van der Waals surface area contributed by atoms with Crippen LogP contribution in [0.5, 0.6) is 0 Å². The predicted octanol–water partition coefficient (Wildman–Crippen LogP) is 4.16. The second-order valence-electron chi connectivity index (χ2n) is 4.54. The fraction of sp³-hybridized carbons (Fsp3) is 0. The van der Waals surface area contributed by atoms with Crippen LogP contribution in [0.15, 0.2) is 59.0 Å². The summed E-state index contributed by atoms with van der Waals surface area (Å²) in [5.74, 6) is -0.146. The summed E-state index contributed by atoms with van der Waals surface area (Å²) in [6.07, 6.45) is 0. The van der Waals surface area contributed by atoms with Crippen LogP contribution in [0.4, 0.5) is 5.69 Å². The topological polar surface area (TPSA) is 54.3 Å². The van der Waals surface area contributed by atoms with Gasteiger partial charge in [0.15, 0.2) is 10.9 Å². The number of carbonyl (C=O) groups is 1. The van der Waals surface area contributed by atoms with Crippen LogP contribution in [-0.2, 0) is 0 Å². The van der Waals surface area contributed by atoms with Crippen LogP contribution < -0.4 is 10.6 Å². The van der Waals surface area contributed by atoms with E-state index in [4.69, 9.17) is 16.6 Å². The van der Waals surface area contributed by atoms with E-state index in [9.17, 15) is 4.79 Å². The molecule has 0 aliphatic rings. The molecule has 110 valence electrons. The number of rotatable bonds is 2. The second kappa shape index (κ2) is 6.45.